The number of aromatic hydroxyl groups is 1. The summed E-state index contributed by atoms with van der Waals surface area (Å²) < 4.78 is 19.4. The van der Waals surface area contributed by atoms with Gasteiger partial charge in [-0.3, -0.25) is 0 Å². The van der Waals surface area contributed by atoms with Crippen molar-refractivity contribution in [3.05, 3.63) is 93.6 Å². The van der Waals surface area contributed by atoms with Gasteiger partial charge in [0.1, 0.15) is 17.3 Å². The Morgan fingerprint density at radius 1 is 1.35 bits per heavy atom. The standard InChI is InChI=1S/C24H24ClFN2O3/c1-3-6-19(28)21(31-24(30)22-20(29)10-9-18(26)23(22)25)14-16(4-2)17-8-5-7-15(13-17)11-12-27/h4-10,13-14,24,29-30H,3,11,28H2,1-2H3/b16-4+,19-6?,21-14+. The maximum absolute atomic E-state index is 13.8. The lowest BCUT2D eigenvalue weighted by Crippen LogP contribution is -2.11. The quantitative estimate of drug-likeness (QED) is 0.285. The van der Waals surface area contributed by atoms with E-state index in [2.05, 4.69) is 6.07 Å². The molecule has 1 atom stereocenters. The van der Waals surface area contributed by atoms with Crippen LogP contribution in [0, 0.1) is 17.1 Å². The number of nitriles is 1. The molecule has 0 amide bonds. The molecule has 0 aliphatic heterocycles. The number of phenols is 1. The lowest BCUT2D eigenvalue weighted by Gasteiger charge is -2.19. The highest BCUT2D eigenvalue weighted by Gasteiger charge is 2.22. The number of benzene rings is 2. The molecule has 0 fully saturated rings. The molecule has 1 unspecified atom stereocenters. The number of halogens is 2. The second-order valence-corrected chi connectivity index (χ2v) is 7.00. The second-order valence-electron chi connectivity index (χ2n) is 6.62. The van der Waals surface area contributed by atoms with E-state index in [1.54, 1.807) is 12.2 Å². The van der Waals surface area contributed by atoms with Crippen LogP contribution >= 0.6 is 11.6 Å². The molecular formula is C24H24ClFN2O3. The van der Waals surface area contributed by atoms with Gasteiger partial charge in [-0.2, -0.15) is 5.26 Å². The Balaban J connectivity index is 2.48. The Bertz CT molecular complexity index is 1070. The molecule has 0 aromatic heterocycles. The summed E-state index contributed by atoms with van der Waals surface area (Å²) in [5.74, 6) is -1.09. The average molecular weight is 443 g/mol. The van der Waals surface area contributed by atoms with Crippen LogP contribution in [0.15, 0.2) is 66.1 Å². The Morgan fingerprint density at radius 3 is 2.74 bits per heavy atom. The predicted octanol–water partition coefficient (Wildman–Crippen LogP) is 5.50. The van der Waals surface area contributed by atoms with Crippen LogP contribution in [0.1, 0.15) is 43.2 Å². The number of allylic oxidation sites excluding steroid dienone is 4. The summed E-state index contributed by atoms with van der Waals surface area (Å²) >= 11 is 5.92. The number of nitrogens with two attached hydrogens (primary N) is 1. The van der Waals surface area contributed by atoms with Gasteiger partial charge in [0.15, 0.2) is 0 Å². The molecule has 2 rings (SSSR count). The third kappa shape index (κ3) is 6.11. The van der Waals surface area contributed by atoms with Gasteiger partial charge in [-0.05, 0) is 48.3 Å². The van der Waals surface area contributed by atoms with E-state index >= 15 is 0 Å². The van der Waals surface area contributed by atoms with E-state index in [0.717, 1.165) is 28.8 Å². The molecule has 4 N–H and O–H groups in total. The third-order valence-corrected chi connectivity index (χ3v) is 4.83. The lowest BCUT2D eigenvalue weighted by atomic mass is 10.0. The summed E-state index contributed by atoms with van der Waals surface area (Å²) in [6.45, 7) is 3.71. The molecule has 0 saturated carbocycles. The first kappa shape index (κ1) is 24.0. The Kier molecular flexibility index (Phi) is 8.68. The van der Waals surface area contributed by atoms with E-state index in [-0.39, 0.29) is 23.4 Å². The molecule has 31 heavy (non-hydrogen) atoms. The summed E-state index contributed by atoms with van der Waals surface area (Å²) in [7, 11) is 0. The Hall–Kier alpha value is -3.27. The van der Waals surface area contributed by atoms with Crippen molar-refractivity contribution in [2.75, 3.05) is 0 Å². The maximum Gasteiger partial charge on any atom is 0.229 e. The monoisotopic (exact) mass is 442 g/mol. The number of rotatable bonds is 8. The van der Waals surface area contributed by atoms with Crippen LogP contribution < -0.4 is 5.73 Å². The van der Waals surface area contributed by atoms with Crippen molar-refractivity contribution in [3.63, 3.8) is 0 Å². The molecule has 2 aromatic rings. The number of ether oxygens (including phenoxy) is 1. The van der Waals surface area contributed by atoms with E-state index in [1.165, 1.54) is 0 Å². The highest BCUT2D eigenvalue weighted by molar-refractivity contribution is 6.31. The number of nitrogens with zero attached hydrogens (tertiary/aromatic N) is 1. The van der Waals surface area contributed by atoms with Gasteiger partial charge in [0.2, 0.25) is 6.29 Å². The molecular weight excluding hydrogens is 419 g/mol. The van der Waals surface area contributed by atoms with E-state index in [1.807, 2.05) is 44.2 Å². The fourth-order valence-corrected chi connectivity index (χ4v) is 3.16. The molecule has 7 heteroatoms. The van der Waals surface area contributed by atoms with E-state index in [4.69, 9.17) is 27.3 Å². The minimum atomic E-state index is -1.76. The van der Waals surface area contributed by atoms with Crippen LogP contribution in [0.3, 0.4) is 0 Å². The number of hydrogen-bond acceptors (Lipinski definition) is 5. The molecule has 5 nitrogen and oxygen atoms in total. The van der Waals surface area contributed by atoms with Gasteiger partial charge in [-0.25, -0.2) is 4.39 Å². The summed E-state index contributed by atoms with van der Waals surface area (Å²) in [6.07, 6.45) is 4.27. The predicted molar refractivity (Wildman–Crippen MR) is 119 cm³/mol. The molecule has 0 bridgehead atoms. The van der Waals surface area contributed by atoms with Gasteiger partial charge < -0.3 is 20.7 Å². The van der Waals surface area contributed by atoms with Crippen molar-refractivity contribution in [2.24, 2.45) is 5.73 Å². The largest absolute Gasteiger partial charge is 0.507 e. The van der Waals surface area contributed by atoms with Gasteiger partial charge in [-0.1, -0.05) is 54.9 Å². The molecule has 0 aliphatic rings. The fraction of sp³-hybridized carbons (Fsp3) is 0.208. The van der Waals surface area contributed by atoms with Crippen molar-refractivity contribution in [1.29, 1.82) is 5.26 Å². The Labute approximate surface area is 186 Å². The average Bonchev–Trinajstić information content (AvgIpc) is 2.74. The summed E-state index contributed by atoms with van der Waals surface area (Å²) in [5.41, 5.74) is 8.49. The van der Waals surface area contributed by atoms with Crippen LogP contribution in [0.4, 0.5) is 4.39 Å². The van der Waals surface area contributed by atoms with Crippen LogP contribution in [-0.4, -0.2) is 10.2 Å². The number of phenolic OH excluding ortho intramolecular Hbond substituents is 1. The third-order valence-electron chi connectivity index (χ3n) is 4.44. The molecule has 0 spiro atoms. The zero-order valence-corrected chi connectivity index (χ0v) is 18.0. The SMILES string of the molecule is C/C=C(\C=C(\OC(O)c1c(O)ccc(F)c1Cl)C(N)=CCC)c1cccc(CC#N)c1. The number of aliphatic hydroxyl groups excluding tert-OH is 1. The normalized spacial score (nSPS) is 13.6. The van der Waals surface area contributed by atoms with Crippen molar-refractivity contribution >= 4 is 17.2 Å². The van der Waals surface area contributed by atoms with Gasteiger partial charge in [-0.15, -0.1) is 0 Å². The molecule has 162 valence electrons. The molecule has 0 aliphatic carbocycles. The van der Waals surface area contributed by atoms with E-state index in [0.29, 0.717) is 6.42 Å². The Morgan fingerprint density at radius 2 is 2.10 bits per heavy atom. The molecule has 0 heterocycles. The first-order chi connectivity index (χ1) is 14.8. The zero-order chi connectivity index (χ0) is 23.0. The molecule has 0 saturated heterocycles. The summed E-state index contributed by atoms with van der Waals surface area (Å²) in [5, 5.41) is 29.1. The summed E-state index contributed by atoms with van der Waals surface area (Å²) in [6, 6.07) is 11.6. The van der Waals surface area contributed by atoms with Gasteiger partial charge in [0.25, 0.3) is 0 Å². The van der Waals surface area contributed by atoms with Gasteiger partial charge in [0.05, 0.1) is 28.8 Å². The number of aliphatic hydroxyl groups is 1. The maximum atomic E-state index is 13.8. The van der Waals surface area contributed by atoms with Crippen molar-refractivity contribution < 1.29 is 19.3 Å². The summed E-state index contributed by atoms with van der Waals surface area (Å²) in [4.78, 5) is 0. The minimum Gasteiger partial charge on any atom is -0.507 e. The van der Waals surface area contributed by atoms with Crippen LogP contribution in [-0.2, 0) is 11.2 Å². The van der Waals surface area contributed by atoms with Crippen LogP contribution in [0.25, 0.3) is 5.57 Å². The highest BCUT2D eigenvalue weighted by Crippen LogP contribution is 2.36. The molecule has 2 aromatic carbocycles. The fourth-order valence-electron chi connectivity index (χ4n) is 2.90. The van der Waals surface area contributed by atoms with Crippen molar-refractivity contribution in [1.82, 2.24) is 0 Å². The lowest BCUT2D eigenvalue weighted by molar-refractivity contribution is -0.0664. The van der Waals surface area contributed by atoms with E-state index < -0.39 is 22.9 Å². The second kappa shape index (κ2) is 11.2. The van der Waals surface area contributed by atoms with Crippen molar-refractivity contribution in [3.8, 4) is 11.8 Å². The molecule has 0 radical (unpaired) electrons. The van der Waals surface area contributed by atoms with Crippen LogP contribution in [0.2, 0.25) is 5.02 Å². The first-order valence-corrected chi connectivity index (χ1v) is 10.0. The van der Waals surface area contributed by atoms with Crippen molar-refractivity contribution in [2.45, 2.75) is 33.0 Å². The van der Waals surface area contributed by atoms with Gasteiger partial charge in [0, 0.05) is 0 Å². The smallest absolute Gasteiger partial charge is 0.229 e. The zero-order valence-electron chi connectivity index (χ0n) is 17.3. The van der Waals surface area contributed by atoms with Gasteiger partial charge >= 0.3 is 0 Å². The van der Waals surface area contributed by atoms with Crippen LogP contribution in [0.5, 0.6) is 5.75 Å². The van der Waals surface area contributed by atoms with E-state index in [9.17, 15) is 14.6 Å². The topological polar surface area (TPSA) is 99.5 Å². The highest BCUT2D eigenvalue weighted by atomic mass is 35.5. The first-order valence-electron chi connectivity index (χ1n) is 9.64. The minimum absolute atomic E-state index is 0.118. The number of hydrogen-bond donors (Lipinski definition) is 3.